The molecule has 0 aromatic heterocycles. The van der Waals surface area contributed by atoms with Gasteiger partial charge in [0.15, 0.2) is 0 Å². The highest BCUT2D eigenvalue weighted by atomic mass is 35.5. The van der Waals surface area contributed by atoms with Crippen LogP contribution in [0.3, 0.4) is 0 Å². The maximum atomic E-state index is 12.5. The monoisotopic (exact) mass is 303 g/mol. The summed E-state index contributed by atoms with van der Waals surface area (Å²) in [5.41, 5.74) is 1.59. The quantitative estimate of drug-likeness (QED) is 0.884. The first kappa shape index (κ1) is 15.4. The fraction of sp³-hybridized carbons (Fsp3) is 0.235. The van der Waals surface area contributed by atoms with E-state index in [1.165, 1.54) is 0 Å². The summed E-state index contributed by atoms with van der Waals surface area (Å²) in [5, 5.41) is 3.46. The SMILES string of the molecule is CC[C@H](C(=O)Nc1cc(Cl)ccc1OC)c1ccccc1. The van der Waals surface area contributed by atoms with Crippen molar-refractivity contribution in [3.8, 4) is 5.75 Å². The van der Waals surface area contributed by atoms with Crippen molar-refractivity contribution in [1.29, 1.82) is 0 Å². The van der Waals surface area contributed by atoms with E-state index in [1.54, 1.807) is 25.3 Å². The lowest BCUT2D eigenvalue weighted by atomic mass is 9.95. The summed E-state index contributed by atoms with van der Waals surface area (Å²) in [6.07, 6.45) is 0.721. The third-order valence-electron chi connectivity index (χ3n) is 3.35. The van der Waals surface area contributed by atoms with Crippen molar-refractivity contribution in [2.45, 2.75) is 19.3 Å². The second-order valence-corrected chi connectivity index (χ2v) is 5.14. The minimum atomic E-state index is -0.199. The zero-order valence-electron chi connectivity index (χ0n) is 12.1. The van der Waals surface area contributed by atoms with Crippen LogP contribution in [0.5, 0.6) is 5.75 Å². The summed E-state index contributed by atoms with van der Waals surface area (Å²) in [4.78, 5) is 12.5. The Bertz CT molecular complexity index is 613. The minimum Gasteiger partial charge on any atom is -0.495 e. The molecule has 0 heterocycles. The lowest BCUT2D eigenvalue weighted by molar-refractivity contribution is -0.117. The molecule has 4 heteroatoms. The van der Waals surface area contributed by atoms with Gasteiger partial charge in [0.05, 0.1) is 18.7 Å². The molecule has 0 aliphatic heterocycles. The number of ether oxygens (including phenoxy) is 1. The fourth-order valence-corrected chi connectivity index (χ4v) is 2.43. The molecule has 0 fully saturated rings. The van der Waals surface area contributed by atoms with Gasteiger partial charge in [-0.05, 0) is 30.2 Å². The van der Waals surface area contributed by atoms with Crippen molar-refractivity contribution < 1.29 is 9.53 Å². The minimum absolute atomic E-state index is 0.0655. The molecule has 0 bridgehead atoms. The predicted molar refractivity (Wildman–Crippen MR) is 86.1 cm³/mol. The van der Waals surface area contributed by atoms with E-state index in [9.17, 15) is 4.79 Å². The lowest BCUT2D eigenvalue weighted by Gasteiger charge is -2.17. The van der Waals surface area contributed by atoms with Gasteiger partial charge in [-0.3, -0.25) is 4.79 Å². The Morgan fingerprint density at radius 3 is 2.57 bits per heavy atom. The van der Waals surface area contributed by atoms with Crippen LogP contribution in [-0.4, -0.2) is 13.0 Å². The van der Waals surface area contributed by atoms with E-state index in [4.69, 9.17) is 16.3 Å². The first-order chi connectivity index (χ1) is 10.2. The summed E-state index contributed by atoms with van der Waals surface area (Å²) in [7, 11) is 1.56. The number of carbonyl (C=O) groups is 1. The van der Waals surface area contributed by atoms with E-state index in [0.717, 1.165) is 12.0 Å². The number of hydrogen-bond donors (Lipinski definition) is 1. The molecular formula is C17H18ClNO2. The third kappa shape index (κ3) is 3.76. The van der Waals surface area contributed by atoms with E-state index in [1.807, 2.05) is 37.3 Å². The zero-order chi connectivity index (χ0) is 15.2. The second-order valence-electron chi connectivity index (χ2n) is 4.71. The van der Waals surface area contributed by atoms with Crippen LogP contribution >= 0.6 is 11.6 Å². The van der Waals surface area contributed by atoms with Crippen LogP contribution in [0.25, 0.3) is 0 Å². The molecule has 2 aromatic rings. The van der Waals surface area contributed by atoms with Crippen LogP contribution in [0.4, 0.5) is 5.69 Å². The van der Waals surface area contributed by atoms with Gasteiger partial charge in [0.1, 0.15) is 5.75 Å². The van der Waals surface area contributed by atoms with Gasteiger partial charge >= 0.3 is 0 Å². The molecule has 21 heavy (non-hydrogen) atoms. The van der Waals surface area contributed by atoms with E-state index in [2.05, 4.69) is 5.32 Å². The van der Waals surface area contributed by atoms with Crippen LogP contribution in [-0.2, 0) is 4.79 Å². The average Bonchev–Trinajstić information content (AvgIpc) is 2.49. The number of nitrogens with one attached hydrogen (secondary N) is 1. The summed E-state index contributed by atoms with van der Waals surface area (Å²) < 4.78 is 5.25. The molecule has 3 nitrogen and oxygen atoms in total. The van der Waals surface area contributed by atoms with E-state index >= 15 is 0 Å². The predicted octanol–water partition coefficient (Wildman–Crippen LogP) is 4.48. The van der Waals surface area contributed by atoms with Crippen molar-refractivity contribution >= 4 is 23.2 Å². The summed E-state index contributed by atoms with van der Waals surface area (Å²) >= 11 is 5.98. The molecule has 0 saturated heterocycles. The van der Waals surface area contributed by atoms with Crippen molar-refractivity contribution in [2.24, 2.45) is 0 Å². The van der Waals surface area contributed by atoms with Crippen molar-refractivity contribution in [1.82, 2.24) is 0 Å². The highest BCUT2D eigenvalue weighted by Gasteiger charge is 2.19. The first-order valence-electron chi connectivity index (χ1n) is 6.85. The number of rotatable bonds is 5. The maximum absolute atomic E-state index is 12.5. The lowest BCUT2D eigenvalue weighted by Crippen LogP contribution is -2.21. The molecule has 0 spiro atoms. The Balaban J connectivity index is 2.22. The Kier molecular flexibility index (Phi) is 5.23. The van der Waals surface area contributed by atoms with Crippen molar-refractivity contribution in [3.05, 3.63) is 59.1 Å². The molecule has 0 unspecified atom stereocenters. The molecule has 1 N–H and O–H groups in total. The van der Waals surface area contributed by atoms with Gasteiger partial charge in [0.25, 0.3) is 0 Å². The molecule has 1 amide bonds. The Morgan fingerprint density at radius 2 is 1.95 bits per heavy atom. The number of anilines is 1. The molecule has 0 aliphatic rings. The van der Waals surface area contributed by atoms with Crippen molar-refractivity contribution in [2.75, 3.05) is 12.4 Å². The molecular weight excluding hydrogens is 286 g/mol. The van der Waals surface area contributed by atoms with Crippen LogP contribution in [0.15, 0.2) is 48.5 Å². The number of halogens is 1. The van der Waals surface area contributed by atoms with Gasteiger partial charge in [0.2, 0.25) is 5.91 Å². The summed E-state index contributed by atoms with van der Waals surface area (Å²) in [6, 6.07) is 14.9. The highest BCUT2D eigenvalue weighted by molar-refractivity contribution is 6.31. The third-order valence-corrected chi connectivity index (χ3v) is 3.58. The summed E-state index contributed by atoms with van der Waals surface area (Å²) in [6.45, 7) is 1.99. The van der Waals surface area contributed by atoms with Crippen LogP contribution in [0.1, 0.15) is 24.8 Å². The van der Waals surface area contributed by atoms with E-state index < -0.39 is 0 Å². The van der Waals surface area contributed by atoms with Crippen LogP contribution < -0.4 is 10.1 Å². The van der Waals surface area contributed by atoms with Gasteiger partial charge < -0.3 is 10.1 Å². The fourth-order valence-electron chi connectivity index (χ4n) is 2.26. The van der Waals surface area contributed by atoms with E-state index in [0.29, 0.717) is 16.5 Å². The number of hydrogen-bond acceptors (Lipinski definition) is 2. The van der Waals surface area contributed by atoms with Gasteiger partial charge in [0, 0.05) is 5.02 Å². The molecule has 0 saturated carbocycles. The molecule has 1 atom stereocenters. The topological polar surface area (TPSA) is 38.3 Å². The van der Waals surface area contributed by atoms with E-state index in [-0.39, 0.29) is 11.8 Å². The van der Waals surface area contributed by atoms with Crippen LogP contribution in [0.2, 0.25) is 5.02 Å². The Labute approximate surface area is 129 Å². The average molecular weight is 304 g/mol. The first-order valence-corrected chi connectivity index (χ1v) is 7.22. The standard InChI is InChI=1S/C17H18ClNO2/c1-3-14(12-7-5-4-6-8-12)17(20)19-15-11-13(18)9-10-16(15)21-2/h4-11,14H,3H2,1-2H3,(H,19,20)/t14-/m0/s1. The number of carbonyl (C=O) groups excluding carboxylic acids is 1. The summed E-state index contributed by atoms with van der Waals surface area (Å²) in [5.74, 6) is 0.329. The van der Waals surface area contributed by atoms with Gasteiger partial charge in [-0.25, -0.2) is 0 Å². The normalized spacial score (nSPS) is 11.8. The number of methoxy groups -OCH3 is 1. The maximum Gasteiger partial charge on any atom is 0.232 e. The largest absolute Gasteiger partial charge is 0.495 e. The Morgan fingerprint density at radius 1 is 1.24 bits per heavy atom. The molecule has 0 radical (unpaired) electrons. The highest BCUT2D eigenvalue weighted by Crippen LogP contribution is 2.29. The molecule has 2 aromatic carbocycles. The van der Waals surface area contributed by atoms with Crippen molar-refractivity contribution in [3.63, 3.8) is 0 Å². The van der Waals surface area contributed by atoms with Crippen LogP contribution in [0, 0.1) is 0 Å². The smallest absolute Gasteiger partial charge is 0.232 e. The molecule has 2 rings (SSSR count). The Hall–Kier alpha value is -2.00. The number of benzene rings is 2. The number of amides is 1. The molecule has 0 aliphatic carbocycles. The van der Waals surface area contributed by atoms with Gasteiger partial charge in [-0.15, -0.1) is 0 Å². The zero-order valence-corrected chi connectivity index (χ0v) is 12.9. The van der Waals surface area contributed by atoms with Gasteiger partial charge in [-0.1, -0.05) is 48.9 Å². The second kappa shape index (κ2) is 7.14. The molecule has 110 valence electrons. The van der Waals surface area contributed by atoms with Gasteiger partial charge in [-0.2, -0.15) is 0 Å².